The fraction of sp³-hybridized carbons (Fsp3) is 0.0714. The zero-order valence-corrected chi connectivity index (χ0v) is 10.8. The third kappa shape index (κ3) is 3.15. The van der Waals surface area contributed by atoms with E-state index in [2.05, 4.69) is 5.32 Å². The molecule has 3 nitrogen and oxygen atoms in total. The number of rotatable bonds is 3. The lowest BCUT2D eigenvalue weighted by molar-refractivity contribution is 0.415. The summed E-state index contributed by atoms with van der Waals surface area (Å²) in [5.41, 5.74) is 1.42. The standard InChI is InChI=1S/C14H10ClFN2O/c1-19-14-3-2-11(7-13(14)15)18-12-5-9(8-17)4-10(16)6-12/h2-7,18H,1H3. The molecule has 0 aliphatic rings. The minimum absolute atomic E-state index is 0.252. The molecule has 0 aromatic heterocycles. The van der Waals surface area contributed by atoms with E-state index in [1.165, 1.54) is 19.2 Å². The Bertz CT molecular complexity index is 652. The lowest BCUT2D eigenvalue weighted by Gasteiger charge is -2.09. The Morgan fingerprint density at radius 3 is 2.63 bits per heavy atom. The predicted molar refractivity (Wildman–Crippen MR) is 72.4 cm³/mol. The van der Waals surface area contributed by atoms with E-state index >= 15 is 0 Å². The molecular weight excluding hydrogens is 267 g/mol. The van der Waals surface area contributed by atoms with Crippen molar-refractivity contribution in [2.45, 2.75) is 0 Å². The maximum atomic E-state index is 13.3. The predicted octanol–water partition coefficient (Wildman–Crippen LogP) is 4.10. The number of nitrogens with one attached hydrogen (secondary N) is 1. The van der Waals surface area contributed by atoms with E-state index < -0.39 is 5.82 Å². The lowest BCUT2D eigenvalue weighted by Crippen LogP contribution is -1.93. The van der Waals surface area contributed by atoms with Crippen molar-refractivity contribution in [2.75, 3.05) is 12.4 Å². The molecule has 2 aromatic rings. The molecule has 0 unspecified atom stereocenters. The van der Waals surface area contributed by atoms with Gasteiger partial charge >= 0.3 is 0 Å². The normalized spacial score (nSPS) is 9.79. The SMILES string of the molecule is COc1ccc(Nc2cc(F)cc(C#N)c2)cc1Cl. The molecule has 2 aromatic carbocycles. The van der Waals surface area contributed by atoms with Crippen LogP contribution in [0.25, 0.3) is 0 Å². The van der Waals surface area contributed by atoms with Crippen LogP contribution in [0.1, 0.15) is 5.56 Å². The summed E-state index contributed by atoms with van der Waals surface area (Å²) in [5, 5.41) is 12.2. The smallest absolute Gasteiger partial charge is 0.137 e. The summed E-state index contributed by atoms with van der Waals surface area (Å²) in [5.74, 6) is 0.0883. The molecule has 0 radical (unpaired) electrons. The van der Waals surface area contributed by atoms with Crippen molar-refractivity contribution < 1.29 is 9.13 Å². The van der Waals surface area contributed by atoms with Gasteiger partial charge in [-0.1, -0.05) is 11.6 Å². The van der Waals surface area contributed by atoms with Gasteiger partial charge < -0.3 is 10.1 Å². The molecule has 1 N–H and O–H groups in total. The molecule has 0 fully saturated rings. The molecule has 0 saturated heterocycles. The van der Waals surface area contributed by atoms with Crippen molar-refractivity contribution >= 4 is 23.0 Å². The highest BCUT2D eigenvalue weighted by atomic mass is 35.5. The quantitative estimate of drug-likeness (QED) is 0.918. The fourth-order valence-corrected chi connectivity index (χ4v) is 1.89. The largest absolute Gasteiger partial charge is 0.495 e. The molecule has 0 atom stereocenters. The number of nitrogens with zero attached hydrogens (tertiary/aromatic N) is 1. The Hall–Kier alpha value is -2.25. The first-order valence-electron chi connectivity index (χ1n) is 5.43. The molecule has 0 bridgehead atoms. The summed E-state index contributed by atoms with van der Waals surface area (Å²) < 4.78 is 18.3. The summed E-state index contributed by atoms with van der Waals surface area (Å²) in [6.45, 7) is 0. The first-order chi connectivity index (χ1) is 9.12. The van der Waals surface area contributed by atoms with Gasteiger partial charge in [-0.15, -0.1) is 0 Å². The van der Waals surface area contributed by atoms with E-state index in [-0.39, 0.29) is 5.56 Å². The van der Waals surface area contributed by atoms with Crippen molar-refractivity contribution in [3.63, 3.8) is 0 Å². The van der Waals surface area contributed by atoms with E-state index in [1.807, 2.05) is 6.07 Å². The third-order valence-corrected chi connectivity index (χ3v) is 2.76. The van der Waals surface area contributed by atoms with Gasteiger partial charge in [-0.3, -0.25) is 0 Å². The monoisotopic (exact) mass is 276 g/mol. The summed E-state index contributed by atoms with van der Waals surface area (Å²) >= 11 is 5.99. The van der Waals surface area contributed by atoms with E-state index in [0.717, 1.165) is 0 Å². The molecule has 0 aliphatic carbocycles. The molecule has 2 rings (SSSR count). The number of anilines is 2. The Balaban J connectivity index is 2.29. The zero-order chi connectivity index (χ0) is 13.8. The number of hydrogen-bond donors (Lipinski definition) is 1. The van der Waals surface area contributed by atoms with Crippen LogP contribution in [-0.2, 0) is 0 Å². The van der Waals surface area contributed by atoms with Crippen LogP contribution in [0, 0.1) is 17.1 Å². The first-order valence-corrected chi connectivity index (χ1v) is 5.81. The highest BCUT2D eigenvalue weighted by Gasteiger charge is 2.04. The Labute approximate surface area is 115 Å². The first kappa shape index (κ1) is 13.2. The van der Waals surface area contributed by atoms with E-state index in [9.17, 15) is 4.39 Å². The number of ether oxygens (including phenoxy) is 1. The number of methoxy groups -OCH3 is 1. The van der Waals surface area contributed by atoms with Crippen molar-refractivity contribution in [3.05, 3.63) is 52.8 Å². The fourth-order valence-electron chi connectivity index (χ4n) is 1.64. The highest BCUT2D eigenvalue weighted by molar-refractivity contribution is 6.32. The molecular formula is C14H10ClFN2O. The van der Waals surface area contributed by atoms with Crippen LogP contribution in [0.5, 0.6) is 5.75 Å². The lowest BCUT2D eigenvalue weighted by atomic mass is 10.2. The van der Waals surface area contributed by atoms with Gasteiger partial charge in [-0.05, 0) is 36.4 Å². The zero-order valence-electron chi connectivity index (χ0n) is 10.1. The maximum Gasteiger partial charge on any atom is 0.137 e. The average Bonchev–Trinajstić information content (AvgIpc) is 2.38. The average molecular weight is 277 g/mol. The molecule has 0 heterocycles. The number of nitriles is 1. The topological polar surface area (TPSA) is 45.0 Å². The number of halogens is 2. The van der Waals surface area contributed by atoms with Crippen LogP contribution in [0.2, 0.25) is 5.02 Å². The molecule has 96 valence electrons. The van der Waals surface area contributed by atoms with Crippen LogP contribution < -0.4 is 10.1 Å². The van der Waals surface area contributed by atoms with Gasteiger partial charge in [0.25, 0.3) is 0 Å². The van der Waals surface area contributed by atoms with Crippen LogP contribution >= 0.6 is 11.6 Å². The summed E-state index contributed by atoms with van der Waals surface area (Å²) in [7, 11) is 1.53. The van der Waals surface area contributed by atoms with Crippen LogP contribution in [0.4, 0.5) is 15.8 Å². The van der Waals surface area contributed by atoms with Gasteiger partial charge in [-0.2, -0.15) is 5.26 Å². The number of hydrogen-bond acceptors (Lipinski definition) is 3. The molecule has 0 aliphatic heterocycles. The Morgan fingerprint density at radius 2 is 2.00 bits per heavy atom. The third-order valence-electron chi connectivity index (χ3n) is 2.47. The summed E-state index contributed by atoms with van der Waals surface area (Å²) in [6, 6.07) is 11.1. The van der Waals surface area contributed by atoms with Crippen LogP contribution in [0.15, 0.2) is 36.4 Å². The highest BCUT2D eigenvalue weighted by Crippen LogP contribution is 2.29. The second-order valence-corrected chi connectivity index (χ2v) is 4.22. The molecule has 5 heteroatoms. The van der Waals surface area contributed by atoms with Crippen LogP contribution in [0.3, 0.4) is 0 Å². The Kier molecular flexibility index (Phi) is 3.88. The second kappa shape index (κ2) is 5.59. The summed E-state index contributed by atoms with van der Waals surface area (Å²) in [4.78, 5) is 0. The van der Waals surface area contributed by atoms with Gasteiger partial charge in [0.05, 0.1) is 23.8 Å². The van der Waals surface area contributed by atoms with E-state index in [4.69, 9.17) is 21.6 Å². The molecule has 19 heavy (non-hydrogen) atoms. The van der Waals surface area contributed by atoms with Gasteiger partial charge in [0.2, 0.25) is 0 Å². The van der Waals surface area contributed by atoms with Crippen LogP contribution in [-0.4, -0.2) is 7.11 Å². The Morgan fingerprint density at radius 1 is 1.21 bits per heavy atom. The van der Waals surface area contributed by atoms with E-state index in [0.29, 0.717) is 22.1 Å². The van der Waals surface area contributed by atoms with Gasteiger partial charge in [0.1, 0.15) is 11.6 Å². The minimum Gasteiger partial charge on any atom is -0.495 e. The molecule has 0 amide bonds. The van der Waals surface area contributed by atoms with Gasteiger partial charge in [-0.25, -0.2) is 4.39 Å². The van der Waals surface area contributed by atoms with Crippen molar-refractivity contribution in [1.82, 2.24) is 0 Å². The van der Waals surface area contributed by atoms with Gasteiger partial charge in [0.15, 0.2) is 0 Å². The minimum atomic E-state index is -0.471. The van der Waals surface area contributed by atoms with Gasteiger partial charge in [0, 0.05) is 11.4 Å². The molecule has 0 saturated carbocycles. The van der Waals surface area contributed by atoms with Crippen molar-refractivity contribution in [1.29, 1.82) is 5.26 Å². The number of benzene rings is 2. The molecule has 0 spiro atoms. The second-order valence-electron chi connectivity index (χ2n) is 3.81. The maximum absolute atomic E-state index is 13.3. The van der Waals surface area contributed by atoms with Crippen molar-refractivity contribution in [2.24, 2.45) is 0 Å². The summed E-state index contributed by atoms with van der Waals surface area (Å²) in [6.07, 6.45) is 0. The van der Waals surface area contributed by atoms with Crippen molar-refractivity contribution in [3.8, 4) is 11.8 Å². The van der Waals surface area contributed by atoms with E-state index in [1.54, 1.807) is 24.3 Å².